The molecule has 0 spiro atoms. The van der Waals surface area contributed by atoms with Gasteiger partial charge in [-0.15, -0.1) is 0 Å². The molecule has 0 aromatic carbocycles. The van der Waals surface area contributed by atoms with Crippen LogP contribution in [-0.2, 0) is 4.79 Å². The van der Waals surface area contributed by atoms with Crippen LogP contribution < -0.4 is 5.32 Å². The fourth-order valence-corrected chi connectivity index (χ4v) is 1.21. The van der Waals surface area contributed by atoms with Gasteiger partial charge in [0.05, 0.1) is 0 Å². The van der Waals surface area contributed by atoms with Crippen molar-refractivity contribution in [2.45, 2.75) is 19.8 Å². The van der Waals surface area contributed by atoms with Crippen molar-refractivity contribution in [2.24, 2.45) is 0 Å². The van der Waals surface area contributed by atoms with Crippen LogP contribution in [0.4, 0.5) is 4.79 Å². The lowest BCUT2D eigenvalue weighted by atomic mass is 10.3. The van der Waals surface area contributed by atoms with E-state index >= 15 is 0 Å². The second-order valence-electron chi connectivity index (χ2n) is 2.95. The summed E-state index contributed by atoms with van der Waals surface area (Å²) >= 11 is 0. The first-order valence-corrected chi connectivity index (χ1v) is 4.44. The molecule has 1 saturated heterocycles. The molecular weight excluding hydrogens is 168 g/mol. The summed E-state index contributed by atoms with van der Waals surface area (Å²) in [7, 11) is 0. The average molecular weight is 182 g/mol. The van der Waals surface area contributed by atoms with Crippen LogP contribution in [0.25, 0.3) is 0 Å². The molecule has 0 aromatic heterocycles. The third-order valence-electron chi connectivity index (χ3n) is 1.94. The highest BCUT2D eigenvalue weighted by Gasteiger charge is 2.21. The number of nitrogens with zero attached hydrogens (tertiary/aromatic N) is 1. The number of rotatable bonds is 3. The molecule has 1 heterocycles. The molecule has 1 aliphatic heterocycles. The lowest BCUT2D eigenvalue weighted by Crippen LogP contribution is -2.49. The summed E-state index contributed by atoms with van der Waals surface area (Å²) in [6.45, 7) is 3.17. The predicted molar refractivity (Wildman–Crippen MR) is 49.2 cm³/mol. The minimum absolute atomic E-state index is 0.174. The van der Waals surface area contributed by atoms with Crippen molar-refractivity contribution in [1.82, 2.24) is 10.2 Å². The zero-order chi connectivity index (χ0) is 9.68. The van der Waals surface area contributed by atoms with Crippen LogP contribution in [0.15, 0.2) is 12.2 Å². The quantitative estimate of drug-likeness (QED) is 0.659. The Kier molecular flexibility index (Phi) is 3.49. The normalized spacial score (nSPS) is 18.1. The molecule has 4 nitrogen and oxygen atoms in total. The fourth-order valence-electron chi connectivity index (χ4n) is 1.21. The van der Waals surface area contributed by atoms with Gasteiger partial charge in [-0.1, -0.05) is 12.2 Å². The van der Waals surface area contributed by atoms with Crippen LogP contribution in [0.3, 0.4) is 0 Å². The van der Waals surface area contributed by atoms with E-state index in [2.05, 4.69) is 5.32 Å². The Morgan fingerprint density at radius 1 is 1.54 bits per heavy atom. The zero-order valence-corrected chi connectivity index (χ0v) is 7.75. The van der Waals surface area contributed by atoms with Gasteiger partial charge in [0, 0.05) is 19.5 Å². The molecule has 0 aliphatic carbocycles. The van der Waals surface area contributed by atoms with E-state index in [4.69, 9.17) is 0 Å². The fraction of sp³-hybridized carbons (Fsp3) is 0.556. The molecule has 72 valence electrons. The first kappa shape index (κ1) is 9.77. The van der Waals surface area contributed by atoms with Gasteiger partial charge >= 0.3 is 6.03 Å². The summed E-state index contributed by atoms with van der Waals surface area (Å²) in [4.78, 5) is 23.6. The minimum Gasteiger partial charge on any atom is -0.324 e. The van der Waals surface area contributed by atoms with Crippen molar-refractivity contribution in [2.75, 3.05) is 13.1 Å². The lowest BCUT2D eigenvalue weighted by molar-refractivity contribution is -0.121. The number of nitrogens with one attached hydrogen (secondary N) is 1. The molecule has 0 bridgehead atoms. The average Bonchev–Trinajstić information content (AvgIpc) is 2.09. The Bertz CT molecular complexity index is 236. The zero-order valence-electron chi connectivity index (χ0n) is 7.75. The maximum atomic E-state index is 11.2. The number of allylic oxidation sites excluding steroid dienone is 1. The van der Waals surface area contributed by atoms with Gasteiger partial charge in [-0.05, 0) is 13.3 Å². The number of urea groups is 1. The van der Waals surface area contributed by atoms with Crippen molar-refractivity contribution in [1.29, 1.82) is 0 Å². The van der Waals surface area contributed by atoms with Crippen LogP contribution in [-0.4, -0.2) is 29.9 Å². The summed E-state index contributed by atoms with van der Waals surface area (Å²) in [6.07, 6.45) is 5.22. The summed E-state index contributed by atoms with van der Waals surface area (Å²) < 4.78 is 0. The van der Waals surface area contributed by atoms with Crippen LogP contribution in [0.5, 0.6) is 0 Å². The van der Waals surface area contributed by atoms with Crippen LogP contribution in [0.1, 0.15) is 19.8 Å². The topological polar surface area (TPSA) is 49.4 Å². The third kappa shape index (κ3) is 2.89. The highest BCUT2D eigenvalue weighted by atomic mass is 16.2. The molecule has 0 aromatic rings. The van der Waals surface area contributed by atoms with E-state index in [0.717, 1.165) is 6.42 Å². The van der Waals surface area contributed by atoms with E-state index in [9.17, 15) is 9.59 Å². The van der Waals surface area contributed by atoms with E-state index in [1.807, 2.05) is 19.1 Å². The summed E-state index contributed by atoms with van der Waals surface area (Å²) in [5, 5.41) is 2.28. The molecule has 0 saturated carbocycles. The van der Waals surface area contributed by atoms with Gasteiger partial charge in [0.25, 0.3) is 0 Å². The van der Waals surface area contributed by atoms with Crippen LogP contribution >= 0.6 is 0 Å². The highest BCUT2D eigenvalue weighted by molar-refractivity contribution is 5.96. The SMILES string of the molecule is C/C=C/CCN1CCC(=O)NC1=O. The van der Waals surface area contributed by atoms with Gasteiger partial charge in [0.15, 0.2) is 0 Å². The maximum Gasteiger partial charge on any atom is 0.324 e. The van der Waals surface area contributed by atoms with E-state index in [1.54, 1.807) is 4.90 Å². The number of hydrogen-bond donors (Lipinski definition) is 1. The molecule has 13 heavy (non-hydrogen) atoms. The second kappa shape index (κ2) is 4.64. The van der Waals surface area contributed by atoms with Gasteiger partial charge in [-0.25, -0.2) is 4.79 Å². The molecule has 4 heteroatoms. The number of amides is 3. The number of imide groups is 1. The largest absolute Gasteiger partial charge is 0.324 e. The number of hydrogen-bond acceptors (Lipinski definition) is 2. The van der Waals surface area contributed by atoms with Crippen LogP contribution in [0, 0.1) is 0 Å². The smallest absolute Gasteiger partial charge is 0.324 e. The van der Waals surface area contributed by atoms with Crippen molar-refractivity contribution in [3.8, 4) is 0 Å². The number of carbonyl (C=O) groups excluding carboxylic acids is 2. The molecule has 0 atom stereocenters. The van der Waals surface area contributed by atoms with Gasteiger partial charge in [0.1, 0.15) is 0 Å². The van der Waals surface area contributed by atoms with E-state index in [0.29, 0.717) is 19.5 Å². The van der Waals surface area contributed by atoms with E-state index in [-0.39, 0.29) is 11.9 Å². The van der Waals surface area contributed by atoms with Gasteiger partial charge in [-0.2, -0.15) is 0 Å². The number of carbonyl (C=O) groups is 2. The maximum absolute atomic E-state index is 11.2. The Balaban J connectivity index is 2.34. The molecular formula is C9H14N2O2. The van der Waals surface area contributed by atoms with Crippen molar-refractivity contribution in [3.05, 3.63) is 12.2 Å². The second-order valence-corrected chi connectivity index (χ2v) is 2.95. The molecule has 1 rings (SSSR count). The first-order chi connectivity index (χ1) is 6.24. The lowest BCUT2D eigenvalue weighted by Gasteiger charge is -2.25. The van der Waals surface area contributed by atoms with Gasteiger partial charge in [0.2, 0.25) is 5.91 Å². The Morgan fingerprint density at radius 3 is 2.92 bits per heavy atom. The van der Waals surface area contributed by atoms with E-state index in [1.165, 1.54) is 0 Å². The van der Waals surface area contributed by atoms with Crippen LogP contribution in [0.2, 0.25) is 0 Å². The summed E-state index contributed by atoms with van der Waals surface area (Å²) in [6, 6.07) is -0.263. The minimum atomic E-state index is -0.263. The molecule has 3 amide bonds. The van der Waals surface area contributed by atoms with Crippen molar-refractivity contribution in [3.63, 3.8) is 0 Å². The first-order valence-electron chi connectivity index (χ1n) is 4.44. The summed E-state index contributed by atoms with van der Waals surface area (Å²) in [5.74, 6) is -0.174. The molecule has 1 aliphatic rings. The molecule has 1 fully saturated rings. The standard InChI is InChI=1S/C9H14N2O2/c1-2-3-4-6-11-7-5-8(12)10-9(11)13/h2-3H,4-7H2,1H3,(H,10,12,13)/b3-2+. The Morgan fingerprint density at radius 2 is 2.31 bits per heavy atom. The monoisotopic (exact) mass is 182 g/mol. The Labute approximate surface area is 77.6 Å². The molecule has 0 unspecified atom stereocenters. The molecule has 1 N–H and O–H groups in total. The van der Waals surface area contributed by atoms with Gasteiger partial charge < -0.3 is 4.90 Å². The van der Waals surface area contributed by atoms with Crippen molar-refractivity contribution >= 4 is 11.9 Å². The van der Waals surface area contributed by atoms with E-state index < -0.39 is 0 Å². The van der Waals surface area contributed by atoms with Gasteiger partial charge in [-0.3, -0.25) is 10.1 Å². The summed E-state index contributed by atoms with van der Waals surface area (Å²) in [5.41, 5.74) is 0. The molecule has 0 radical (unpaired) electrons. The Hall–Kier alpha value is -1.32. The predicted octanol–water partition coefficient (Wildman–Crippen LogP) is 0.895. The third-order valence-corrected chi connectivity index (χ3v) is 1.94. The highest BCUT2D eigenvalue weighted by Crippen LogP contribution is 2.01. The van der Waals surface area contributed by atoms with Crippen molar-refractivity contribution < 1.29 is 9.59 Å².